The number of carboxylic acid groups (broad SMARTS) is 1. The number of rotatable bonds is 4. The number of hydrogen-bond donors (Lipinski definition) is 2. The highest BCUT2D eigenvalue weighted by molar-refractivity contribution is 5.86. The van der Waals surface area contributed by atoms with Gasteiger partial charge in [-0.2, -0.15) is 5.10 Å². The molecule has 2 N–H and O–H groups in total. The predicted octanol–water partition coefficient (Wildman–Crippen LogP) is 2.38. The van der Waals surface area contributed by atoms with Gasteiger partial charge in [0, 0.05) is 18.2 Å². The molecule has 0 fully saturated rings. The smallest absolute Gasteiger partial charge is 0.356 e. The Kier molecular flexibility index (Phi) is 3.51. The molecule has 1 unspecified atom stereocenters. The maximum atomic E-state index is 11.1. The SMILES string of the molecule is CCOc1ccccc1C1CCNc2cc(C(=O)O)nn21. The summed E-state index contributed by atoms with van der Waals surface area (Å²) >= 11 is 0. The van der Waals surface area contributed by atoms with Crippen LogP contribution in [0.2, 0.25) is 0 Å². The van der Waals surface area contributed by atoms with Crippen molar-refractivity contribution in [1.29, 1.82) is 0 Å². The third kappa shape index (κ3) is 2.44. The van der Waals surface area contributed by atoms with Crippen LogP contribution < -0.4 is 10.1 Å². The van der Waals surface area contributed by atoms with Crippen molar-refractivity contribution < 1.29 is 14.6 Å². The molecule has 1 aliphatic heterocycles. The lowest BCUT2D eigenvalue weighted by atomic mass is 10.0. The molecule has 6 nitrogen and oxygen atoms in total. The predicted molar refractivity (Wildman–Crippen MR) is 78.0 cm³/mol. The van der Waals surface area contributed by atoms with Crippen molar-refractivity contribution in [3.05, 3.63) is 41.6 Å². The molecule has 2 aromatic rings. The number of carboxylic acids is 1. The van der Waals surface area contributed by atoms with Crippen LogP contribution in [0, 0.1) is 0 Å². The number of benzene rings is 1. The highest BCUT2D eigenvalue weighted by Gasteiger charge is 2.26. The molecule has 0 saturated heterocycles. The first-order chi connectivity index (χ1) is 10.2. The van der Waals surface area contributed by atoms with Crippen LogP contribution in [0.5, 0.6) is 5.75 Å². The second-order valence-corrected chi connectivity index (χ2v) is 4.87. The van der Waals surface area contributed by atoms with E-state index in [-0.39, 0.29) is 11.7 Å². The second-order valence-electron chi connectivity index (χ2n) is 4.87. The van der Waals surface area contributed by atoms with Crippen molar-refractivity contribution in [3.63, 3.8) is 0 Å². The van der Waals surface area contributed by atoms with Gasteiger partial charge in [0.2, 0.25) is 0 Å². The summed E-state index contributed by atoms with van der Waals surface area (Å²) in [5.74, 6) is 0.538. The van der Waals surface area contributed by atoms with Crippen molar-refractivity contribution in [2.45, 2.75) is 19.4 Å². The Balaban J connectivity index is 2.04. The maximum Gasteiger partial charge on any atom is 0.356 e. The largest absolute Gasteiger partial charge is 0.494 e. The van der Waals surface area contributed by atoms with E-state index in [1.54, 1.807) is 10.7 Å². The minimum atomic E-state index is -1.02. The summed E-state index contributed by atoms with van der Waals surface area (Å²) in [6, 6.07) is 9.38. The number of aromatic nitrogens is 2. The number of nitrogens with zero attached hydrogens (tertiary/aromatic N) is 2. The first kappa shape index (κ1) is 13.5. The maximum absolute atomic E-state index is 11.1. The number of nitrogens with one attached hydrogen (secondary N) is 1. The van der Waals surface area contributed by atoms with E-state index in [0.29, 0.717) is 6.61 Å². The lowest BCUT2D eigenvalue weighted by Crippen LogP contribution is -2.24. The molecule has 1 aromatic carbocycles. The van der Waals surface area contributed by atoms with E-state index in [2.05, 4.69) is 10.4 Å². The minimum absolute atomic E-state index is 0.0166. The van der Waals surface area contributed by atoms with Gasteiger partial charge in [-0.25, -0.2) is 9.48 Å². The number of carbonyl (C=O) groups is 1. The molecule has 6 heteroatoms. The van der Waals surface area contributed by atoms with Crippen molar-refractivity contribution in [2.75, 3.05) is 18.5 Å². The van der Waals surface area contributed by atoms with Gasteiger partial charge in [0.1, 0.15) is 11.6 Å². The van der Waals surface area contributed by atoms with E-state index in [9.17, 15) is 4.79 Å². The van der Waals surface area contributed by atoms with Crippen LogP contribution in [-0.4, -0.2) is 34.0 Å². The van der Waals surface area contributed by atoms with Crippen LogP contribution in [0.25, 0.3) is 0 Å². The number of ether oxygens (including phenoxy) is 1. The molecule has 2 heterocycles. The first-order valence-corrected chi connectivity index (χ1v) is 6.99. The van der Waals surface area contributed by atoms with Crippen LogP contribution >= 0.6 is 0 Å². The summed E-state index contributed by atoms with van der Waals surface area (Å²) in [6.45, 7) is 3.31. The van der Waals surface area contributed by atoms with Crippen molar-refractivity contribution >= 4 is 11.8 Å². The quantitative estimate of drug-likeness (QED) is 0.903. The van der Waals surface area contributed by atoms with Crippen molar-refractivity contribution in [3.8, 4) is 5.75 Å². The molecule has 110 valence electrons. The Bertz CT molecular complexity index is 666. The van der Waals surface area contributed by atoms with Gasteiger partial charge >= 0.3 is 5.97 Å². The summed E-state index contributed by atoms with van der Waals surface area (Å²) in [5, 5.41) is 16.5. The number of para-hydroxylation sites is 1. The van der Waals surface area contributed by atoms with E-state index in [1.165, 1.54) is 0 Å². The molecule has 0 aliphatic carbocycles. The fraction of sp³-hybridized carbons (Fsp3) is 0.333. The van der Waals surface area contributed by atoms with Gasteiger partial charge in [-0.05, 0) is 19.4 Å². The van der Waals surface area contributed by atoms with E-state index in [0.717, 1.165) is 30.1 Å². The average molecular weight is 287 g/mol. The van der Waals surface area contributed by atoms with Crippen molar-refractivity contribution in [2.24, 2.45) is 0 Å². The number of fused-ring (bicyclic) bond motifs is 1. The Labute approximate surface area is 122 Å². The molecule has 0 radical (unpaired) electrons. The normalized spacial score (nSPS) is 16.9. The summed E-state index contributed by atoms with van der Waals surface area (Å²) in [4.78, 5) is 11.1. The molecule has 1 aromatic heterocycles. The van der Waals surface area contributed by atoms with Crippen molar-refractivity contribution in [1.82, 2.24) is 9.78 Å². The lowest BCUT2D eigenvalue weighted by molar-refractivity contribution is 0.0689. The van der Waals surface area contributed by atoms with Crippen LogP contribution in [0.15, 0.2) is 30.3 Å². The lowest BCUT2D eigenvalue weighted by Gasteiger charge is -2.27. The Morgan fingerprint density at radius 2 is 2.33 bits per heavy atom. The van der Waals surface area contributed by atoms with Gasteiger partial charge < -0.3 is 15.2 Å². The van der Waals surface area contributed by atoms with Gasteiger partial charge in [-0.3, -0.25) is 0 Å². The second kappa shape index (κ2) is 5.47. The van der Waals surface area contributed by atoms with Crippen LogP contribution in [0.1, 0.15) is 35.4 Å². The monoisotopic (exact) mass is 287 g/mol. The summed E-state index contributed by atoms with van der Waals surface area (Å²) in [7, 11) is 0. The summed E-state index contributed by atoms with van der Waals surface area (Å²) in [6.07, 6.45) is 0.831. The molecule has 3 rings (SSSR count). The molecule has 1 aliphatic rings. The topological polar surface area (TPSA) is 76.4 Å². The van der Waals surface area contributed by atoms with Crippen LogP contribution in [0.3, 0.4) is 0 Å². The third-order valence-corrected chi connectivity index (χ3v) is 3.55. The Morgan fingerprint density at radius 1 is 1.52 bits per heavy atom. The fourth-order valence-electron chi connectivity index (χ4n) is 2.66. The average Bonchev–Trinajstić information content (AvgIpc) is 2.92. The highest BCUT2D eigenvalue weighted by Crippen LogP contribution is 2.34. The number of aromatic carboxylic acids is 1. The van der Waals surface area contributed by atoms with Gasteiger partial charge in [0.25, 0.3) is 0 Å². The molecular formula is C15H17N3O3. The molecule has 0 spiro atoms. The highest BCUT2D eigenvalue weighted by atomic mass is 16.5. The first-order valence-electron chi connectivity index (χ1n) is 6.99. The molecule has 1 atom stereocenters. The standard InChI is InChI=1S/C15H17N3O3/c1-2-21-13-6-4-3-5-10(13)12-7-8-16-14-9-11(15(19)20)17-18(12)14/h3-6,9,12,16H,2,7-8H2,1H3,(H,19,20). The Hall–Kier alpha value is -2.50. The van der Waals surface area contributed by atoms with Gasteiger partial charge in [0.15, 0.2) is 5.69 Å². The van der Waals surface area contributed by atoms with E-state index >= 15 is 0 Å². The fourth-order valence-corrected chi connectivity index (χ4v) is 2.66. The van der Waals surface area contributed by atoms with Crippen LogP contribution in [-0.2, 0) is 0 Å². The van der Waals surface area contributed by atoms with E-state index in [1.807, 2.05) is 31.2 Å². The molecule has 0 amide bonds. The molecule has 0 bridgehead atoms. The van der Waals surface area contributed by atoms with E-state index in [4.69, 9.17) is 9.84 Å². The molecule has 0 saturated carbocycles. The van der Waals surface area contributed by atoms with Gasteiger partial charge in [-0.15, -0.1) is 0 Å². The zero-order valence-corrected chi connectivity index (χ0v) is 11.7. The molecule has 21 heavy (non-hydrogen) atoms. The molecular weight excluding hydrogens is 270 g/mol. The summed E-state index contributed by atoms with van der Waals surface area (Å²) in [5.41, 5.74) is 1.08. The number of hydrogen-bond acceptors (Lipinski definition) is 4. The van der Waals surface area contributed by atoms with Gasteiger partial charge in [0.05, 0.1) is 12.6 Å². The zero-order valence-electron chi connectivity index (χ0n) is 11.7. The van der Waals surface area contributed by atoms with Crippen LogP contribution in [0.4, 0.5) is 5.82 Å². The Morgan fingerprint density at radius 3 is 3.10 bits per heavy atom. The van der Waals surface area contributed by atoms with Gasteiger partial charge in [-0.1, -0.05) is 18.2 Å². The summed E-state index contributed by atoms with van der Waals surface area (Å²) < 4.78 is 7.42. The number of anilines is 1. The van der Waals surface area contributed by atoms with E-state index < -0.39 is 5.97 Å². The zero-order chi connectivity index (χ0) is 14.8. The minimum Gasteiger partial charge on any atom is -0.494 e. The third-order valence-electron chi connectivity index (χ3n) is 3.55.